The summed E-state index contributed by atoms with van der Waals surface area (Å²) in [5.41, 5.74) is 5.73. The molecule has 0 aliphatic rings. The molecule has 0 aliphatic heterocycles. The summed E-state index contributed by atoms with van der Waals surface area (Å²) >= 11 is 0. The number of nitrogens with zero attached hydrogens (tertiary/aromatic N) is 1. The highest BCUT2D eigenvalue weighted by atomic mass is 16.5. The largest absolute Gasteiger partial charge is 0.383 e. The first-order valence-electron chi connectivity index (χ1n) is 5.86. The molecular formula is C12H26N2O3. The molecule has 0 aromatic heterocycles. The Balaban J connectivity index is 4.50. The zero-order valence-corrected chi connectivity index (χ0v) is 11.7. The molecule has 0 saturated heterocycles. The minimum absolute atomic E-state index is 0.0494. The first-order chi connectivity index (χ1) is 7.84. The lowest BCUT2D eigenvalue weighted by Gasteiger charge is -2.31. The van der Waals surface area contributed by atoms with Crippen molar-refractivity contribution in [1.82, 2.24) is 4.90 Å². The van der Waals surface area contributed by atoms with Gasteiger partial charge in [0.1, 0.15) is 0 Å². The summed E-state index contributed by atoms with van der Waals surface area (Å²) in [4.78, 5) is 13.9. The van der Waals surface area contributed by atoms with Crippen LogP contribution in [0.25, 0.3) is 0 Å². The topological polar surface area (TPSA) is 64.8 Å². The van der Waals surface area contributed by atoms with Crippen LogP contribution in [0, 0.1) is 5.41 Å². The molecule has 1 unspecified atom stereocenters. The highest BCUT2D eigenvalue weighted by Gasteiger charge is 2.30. The second kappa shape index (κ2) is 7.63. The van der Waals surface area contributed by atoms with Crippen molar-refractivity contribution in [2.45, 2.75) is 26.8 Å². The van der Waals surface area contributed by atoms with Gasteiger partial charge in [0.25, 0.3) is 0 Å². The Labute approximate surface area is 104 Å². The van der Waals surface area contributed by atoms with E-state index in [0.29, 0.717) is 26.3 Å². The molecule has 2 N–H and O–H groups in total. The lowest BCUT2D eigenvalue weighted by molar-refractivity contribution is -0.136. The summed E-state index contributed by atoms with van der Waals surface area (Å²) < 4.78 is 9.98. The SMILES string of the molecule is COCCN(CCOC)C(=O)C(N)C(C)(C)C. The molecule has 0 aliphatic carbocycles. The monoisotopic (exact) mass is 246 g/mol. The van der Waals surface area contributed by atoms with E-state index in [2.05, 4.69) is 0 Å². The Kier molecular flexibility index (Phi) is 7.34. The molecule has 1 amide bonds. The van der Waals surface area contributed by atoms with Gasteiger partial charge in [0, 0.05) is 27.3 Å². The van der Waals surface area contributed by atoms with E-state index >= 15 is 0 Å². The number of hydrogen-bond donors (Lipinski definition) is 1. The van der Waals surface area contributed by atoms with Gasteiger partial charge >= 0.3 is 0 Å². The minimum Gasteiger partial charge on any atom is -0.383 e. The van der Waals surface area contributed by atoms with Gasteiger partial charge in [-0.15, -0.1) is 0 Å². The molecule has 17 heavy (non-hydrogen) atoms. The molecule has 0 spiro atoms. The number of hydrogen-bond acceptors (Lipinski definition) is 4. The first kappa shape index (κ1) is 16.4. The van der Waals surface area contributed by atoms with Gasteiger partial charge in [0.05, 0.1) is 19.3 Å². The summed E-state index contributed by atoms with van der Waals surface area (Å²) in [6.45, 7) is 7.98. The smallest absolute Gasteiger partial charge is 0.240 e. The summed E-state index contributed by atoms with van der Waals surface area (Å²) in [5.74, 6) is -0.0494. The maximum atomic E-state index is 12.2. The van der Waals surface area contributed by atoms with Crippen LogP contribution in [0.15, 0.2) is 0 Å². The van der Waals surface area contributed by atoms with Gasteiger partial charge in [-0.1, -0.05) is 20.8 Å². The number of ether oxygens (including phenoxy) is 2. The van der Waals surface area contributed by atoms with Crippen molar-refractivity contribution in [3.63, 3.8) is 0 Å². The lowest BCUT2D eigenvalue weighted by Crippen LogP contribution is -2.51. The molecule has 1 atom stereocenters. The fraction of sp³-hybridized carbons (Fsp3) is 0.917. The van der Waals surface area contributed by atoms with Crippen molar-refractivity contribution in [3.05, 3.63) is 0 Å². The van der Waals surface area contributed by atoms with Crippen LogP contribution >= 0.6 is 0 Å². The van der Waals surface area contributed by atoms with Crippen molar-refractivity contribution in [2.24, 2.45) is 11.1 Å². The maximum absolute atomic E-state index is 12.2. The zero-order valence-electron chi connectivity index (χ0n) is 11.7. The van der Waals surface area contributed by atoms with Crippen LogP contribution in [-0.2, 0) is 14.3 Å². The van der Waals surface area contributed by atoms with Crippen molar-refractivity contribution in [1.29, 1.82) is 0 Å². The number of carbonyl (C=O) groups excluding carboxylic acids is 1. The summed E-state index contributed by atoms with van der Waals surface area (Å²) in [5, 5.41) is 0. The quantitative estimate of drug-likeness (QED) is 0.709. The van der Waals surface area contributed by atoms with E-state index in [1.54, 1.807) is 19.1 Å². The van der Waals surface area contributed by atoms with E-state index in [9.17, 15) is 4.79 Å². The van der Waals surface area contributed by atoms with E-state index in [1.807, 2.05) is 20.8 Å². The van der Waals surface area contributed by atoms with Crippen molar-refractivity contribution >= 4 is 5.91 Å². The third kappa shape index (κ3) is 6.00. The summed E-state index contributed by atoms with van der Waals surface area (Å²) in [6, 6.07) is -0.504. The Bertz CT molecular complexity index is 218. The number of carbonyl (C=O) groups is 1. The molecule has 0 radical (unpaired) electrons. The lowest BCUT2D eigenvalue weighted by atomic mass is 9.86. The fourth-order valence-corrected chi connectivity index (χ4v) is 1.30. The van der Waals surface area contributed by atoms with Crippen LogP contribution in [0.2, 0.25) is 0 Å². The summed E-state index contributed by atoms with van der Waals surface area (Å²) in [6.07, 6.45) is 0. The number of rotatable bonds is 7. The number of amides is 1. The third-order valence-electron chi connectivity index (χ3n) is 2.64. The zero-order chi connectivity index (χ0) is 13.5. The molecule has 0 fully saturated rings. The van der Waals surface area contributed by atoms with Crippen LogP contribution in [0.3, 0.4) is 0 Å². The van der Waals surface area contributed by atoms with E-state index in [0.717, 1.165) is 0 Å². The van der Waals surface area contributed by atoms with Crippen LogP contribution in [0.1, 0.15) is 20.8 Å². The van der Waals surface area contributed by atoms with Crippen LogP contribution in [-0.4, -0.2) is 57.4 Å². The maximum Gasteiger partial charge on any atom is 0.240 e. The predicted molar refractivity (Wildman–Crippen MR) is 67.8 cm³/mol. The Hall–Kier alpha value is -0.650. The highest BCUT2D eigenvalue weighted by Crippen LogP contribution is 2.19. The van der Waals surface area contributed by atoms with Crippen LogP contribution in [0.5, 0.6) is 0 Å². The first-order valence-corrected chi connectivity index (χ1v) is 5.86. The van der Waals surface area contributed by atoms with Crippen LogP contribution < -0.4 is 5.73 Å². The predicted octanol–water partition coefficient (Wildman–Crippen LogP) is 0.481. The van der Waals surface area contributed by atoms with E-state index in [-0.39, 0.29) is 11.3 Å². The Morgan fingerprint density at radius 2 is 1.59 bits per heavy atom. The van der Waals surface area contributed by atoms with Gasteiger partial charge < -0.3 is 20.1 Å². The van der Waals surface area contributed by atoms with Gasteiger partial charge in [-0.3, -0.25) is 4.79 Å². The average Bonchev–Trinajstić information content (AvgIpc) is 2.26. The number of nitrogens with two attached hydrogens (primary N) is 1. The minimum atomic E-state index is -0.504. The molecular weight excluding hydrogens is 220 g/mol. The molecule has 0 aromatic carbocycles. The summed E-state index contributed by atoms with van der Waals surface area (Å²) in [7, 11) is 3.23. The molecule has 0 aromatic rings. The number of methoxy groups -OCH3 is 2. The fourth-order valence-electron chi connectivity index (χ4n) is 1.30. The van der Waals surface area contributed by atoms with Crippen LogP contribution in [0.4, 0.5) is 0 Å². The molecule has 0 bridgehead atoms. The van der Waals surface area contributed by atoms with Crippen molar-refractivity contribution in [2.75, 3.05) is 40.5 Å². The van der Waals surface area contributed by atoms with E-state index in [1.165, 1.54) is 0 Å². The highest BCUT2D eigenvalue weighted by molar-refractivity contribution is 5.82. The van der Waals surface area contributed by atoms with Gasteiger partial charge in [0.2, 0.25) is 5.91 Å². The van der Waals surface area contributed by atoms with Gasteiger partial charge in [-0.2, -0.15) is 0 Å². The molecule has 0 heterocycles. The molecule has 0 saturated carbocycles. The van der Waals surface area contributed by atoms with Crippen molar-refractivity contribution < 1.29 is 14.3 Å². The third-order valence-corrected chi connectivity index (χ3v) is 2.64. The Morgan fingerprint density at radius 3 is 1.88 bits per heavy atom. The van der Waals surface area contributed by atoms with Gasteiger partial charge in [-0.25, -0.2) is 0 Å². The second-order valence-electron chi connectivity index (χ2n) is 5.15. The second-order valence-corrected chi connectivity index (χ2v) is 5.15. The molecule has 5 heteroatoms. The molecule has 102 valence electrons. The van der Waals surface area contributed by atoms with E-state index in [4.69, 9.17) is 15.2 Å². The Morgan fingerprint density at radius 1 is 1.18 bits per heavy atom. The van der Waals surface area contributed by atoms with Crippen molar-refractivity contribution in [3.8, 4) is 0 Å². The standard InChI is InChI=1S/C12H26N2O3/c1-12(2,3)10(13)11(15)14(6-8-16-4)7-9-17-5/h10H,6-9,13H2,1-5H3. The molecule has 5 nitrogen and oxygen atoms in total. The normalized spacial score (nSPS) is 13.5. The van der Waals surface area contributed by atoms with Gasteiger partial charge in [-0.05, 0) is 5.41 Å². The van der Waals surface area contributed by atoms with Gasteiger partial charge in [0.15, 0.2) is 0 Å². The van der Waals surface area contributed by atoms with E-state index < -0.39 is 6.04 Å². The average molecular weight is 246 g/mol. The molecule has 0 rings (SSSR count).